The zero-order valence-corrected chi connectivity index (χ0v) is 13.2. The number of nitrogens with zero attached hydrogens (tertiary/aromatic N) is 2. The number of rotatable bonds is 3. The van der Waals surface area contributed by atoms with Crippen LogP contribution < -0.4 is 0 Å². The Morgan fingerprint density at radius 2 is 1.86 bits per heavy atom. The molecular weight excluding hydrogens is 272 g/mol. The van der Waals surface area contributed by atoms with E-state index in [4.69, 9.17) is 9.47 Å². The van der Waals surface area contributed by atoms with Gasteiger partial charge < -0.3 is 14.4 Å². The van der Waals surface area contributed by atoms with Gasteiger partial charge in [0.25, 0.3) is 0 Å². The van der Waals surface area contributed by atoms with E-state index in [1.165, 1.54) is 7.11 Å². The van der Waals surface area contributed by atoms with Gasteiger partial charge in [-0.2, -0.15) is 0 Å². The molecule has 2 rings (SSSR count). The van der Waals surface area contributed by atoms with Gasteiger partial charge >= 0.3 is 5.97 Å². The van der Waals surface area contributed by atoms with Crippen molar-refractivity contribution in [3.05, 3.63) is 0 Å². The molecule has 3 atom stereocenters. The number of piperidine rings is 1. The van der Waals surface area contributed by atoms with Crippen molar-refractivity contribution >= 4 is 11.9 Å². The fourth-order valence-corrected chi connectivity index (χ4v) is 3.24. The van der Waals surface area contributed by atoms with Crippen LogP contribution in [0.3, 0.4) is 0 Å². The topological polar surface area (TPSA) is 59.1 Å². The molecule has 120 valence electrons. The number of carbonyl (C=O) groups is 2. The van der Waals surface area contributed by atoms with E-state index < -0.39 is 0 Å². The highest BCUT2D eigenvalue weighted by atomic mass is 16.5. The van der Waals surface area contributed by atoms with Crippen LogP contribution in [0.4, 0.5) is 0 Å². The molecule has 0 spiro atoms. The predicted octanol–water partition coefficient (Wildman–Crippen LogP) is 0.650. The monoisotopic (exact) mass is 298 g/mol. The third-order valence-electron chi connectivity index (χ3n) is 4.20. The summed E-state index contributed by atoms with van der Waals surface area (Å²) in [6.07, 6.45) is 2.94. The van der Waals surface area contributed by atoms with Gasteiger partial charge in [0, 0.05) is 13.1 Å². The maximum Gasteiger partial charge on any atom is 0.323 e. The minimum atomic E-state index is -0.274. The SMILES string of the molecule is COC(=O)[C@H]1CCCCN1CC(=O)N1CC(C)OC(C)C1. The molecular formula is C15H26N2O4. The van der Waals surface area contributed by atoms with E-state index in [-0.39, 0.29) is 30.1 Å². The highest BCUT2D eigenvalue weighted by molar-refractivity contribution is 5.80. The van der Waals surface area contributed by atoms with Gasteiger partial charge in [0.05, 0.1) is 25.9 Å². The molecule has 1 amide bonds. The summed E-state index contributed by atoms with van der Waals surface area (Å²) in [5, 5.41) is 0. The average Bonchev–Trinajstić information content (AvgIpc) is 2.46. The van der Waals surface area contributed by atoms with Crippen molar-refractivity contribution in [2.45, 2.75) is 51.4 Å². The van der Waals surface area contributed by atoms with E-state index in [2.05, 4.69) is 0 Å². The molecule has 0 aliphatic carbocycles. The number of amides is 1. The highest BCUT2D eigenvalue weighted by Crippen LogP contribution is 2.19. The van der Waals surface area contributed by atoms with Crippen LogP contribution in [-0.4, -0.2) is 73.2 Å². The number of hydrogen-bond donors (Lipinski definition) is 0. The van der Waals surface area contributed by atoms with Crippen molar-refractivity contribution < 1.29 is 19.1 Å². The van der Waals surface area contributed by atoms with Gasteiger partial charge in [-0.3, -0.25) is 14.5 Å². The fraction of sp³-hybridized carbons (Fsp3) is 0.867. The molecule has 21 heavy (non-hydrogen) atoms. The smallest absolute Gasteiger partial charge is 0.323 e. The third-order valence-corrected chi connectivity index (χ3v) is 4.20. The number of hydrogen-bond acceptors (Lipinski definition) is 5. The minimum Gasteiger partial charge on any atom is -0.468 e. The van der Waals surface area contributed by atoms with E-state index >= 15 is 0 Å². The van der Waals surface area contributed by atoms with Crippen LogP contribution in [0.15, 0.2) is 0 Å². The third kappa shape index (κ3) is 4.17. The molecule has 0 N–H and O–H groups in total. The maximum absolute atomic E-state index is 12.5. The summed E-state index contributed by atoms with van der Waals surface area (Å²) in [5.41, 5.74) is 0. The van der Waals surface area contributed by atoms with Crippen LogP contribution in [0.2, 0.25) is 0 Å². The molecule has 6 nitrogen and oxygen atoms in total. The quantitative estimate of drug-likeness (QED) is 0.716. The highest BCUT2D eigenvalue weighted by Gasteiger charge is 2.33. The summed E-state index contributed by atoms with van der Waals surface area (Å²) in [5.74, 6) is -0.154. The van der Waals surface area contributed by atoms with Gasteiger partial charge in [-0.05, 0) is 33.2 Å². The standard InChI is InChI=1S/C15H26N2O4/c1-11-8-17(9-12(2)21-11)14(18)10-16-7-5-4-6-13(16)15(19)20-3/h11-13H,4-10H2,1-3H3/t11?,12?,13-/m1/s1. The summed E-state index contributed by atoms with van der Waals surface area (Å²) in [4.78, 5) is 28.1. The number of ether oxygens (including phenoxy) is 2. The van der Waals surface area contributed by atoms with Crippen molar-refractivity contribution in [2.24, 2.45) is 0 Å². The average molecular weight is 298 g/mol. The zero-order valence-electron chi connectivity index (χ0n) is 13.2. The molecule has 6 heteroatoms. The summed E-state index contributed by atoms with van der Waals surface area (Å²) in [7, 11) is 1.41. The second-order valence-electron chi connectivity index (χ2n) is 6.06. The summed E-state index contributed by atoms with van der Waals surface area (Å²) >= 11 is 0. The van der Waals surface area contributed by atoms with E-state index in [9.17, 15) is 9.59 Å². The van der Waals surface area contributed by atoms with Crippen molar-refractivity contribution in [1.82, 2.24) is 9.80 Å². The van der Waals surface area contributed by atoms with Crippen LogP contribution in [-0.2, 0) is 19.1 Å². The largest absolute Gasteiger partial charge is 0.468 e. The summed E-state index contributed by atoms with van der Waals surface area (Å²) in [6, 6.07) is -0.274. The molecule has 2 fully saturated rings. The van der Waals surface area contributed by atoms with E-state index in [0.717, 1.165) is 25.8 Å². The minimum absolute atomic E-state index is 0.0652. The molecule has 0 bridgehead atoms. The Morgan fingerprint density at radius 1 is 1.19 bits per heavy atom. The normalized spacial score (nSPS) is 31.0. The number of carbonyl (C=O) groups excluding carboxylic acids is 2. The van der Waals surface area contributed by atoms with E-state index in [1.54, 1.807) is 0 Å². The van der Waals surface area contributed by atoms with Crippen molar-refractivity contribution in [2.75, 3.05) is 33.3 Å². The second kappa shape index (κ2) is 7.22. The van der Waals surface area contributed by atoms with Crippen LogP contribution in [0, 0.1) is 0 Å². The fourth-order valence-electron chi connectivity index (χ4n) is 3.24. The van der Waals surface area contributed by atoms with Crippen LogP contribution in [0.1, 0.15) is 33.1 Å². The van der Waals surface area contributed by atoms with Gasteiger partial charge in [0.15, 0.2) is 0 Å². The molecule has 0 aromatic heterocycles. The number of morpholine rings is 1. The lowest BCUT2D eigenvalue weighted by Crippen LogP contribution is -2.54. The first-order valence-corrected chi connectivity index (χ1v) is 7.76. The Bertz CT molecular complexity index is 378. The van der Waals surface area contributed by atoms with Gasteiger partial charge in [0.2, 0.25) is 5.91 Å². The first-order valence-electron chi connectivity index (χ1n) is 7.76. The number of methoxy groups -OCH3 is 1. The summed E-state index contributed by atoms with van der Waals surface area (Å²) < 4.78 is 10.5. The Morgan fingerprint density at radius 3 is 2.48 bits per heavy atom. The lowest BCUT2D eigenvalue weighted by molar-refractivity contribution is -0.152. The molecule has 2 heterocycles. The lowest BCUT2D eigenvalue weighted by atomic mass is 10.0. The predicted molar refractivity (Wildman–Crippen MR) is 77.8 cm³/mol. The molecule has 2 aliphatic heterocycles. The van der Waals surface area contributed by atoms with E-state index in [1.807, 2.05) is 23.6 Å². The van der Waals surface area contributed by atoms with Crippen LogP contribution in [0.25, 0.3) is 0 Å². The first kappa shape index (κ1) is 16.2. The van der Waals surface area contributed by atoms with Crippen molar-refractivity contribution in [3.63, 3.8) is 0 Å². The molecule has 0 aromatic rings. The van der Waals surface area contributed by atoms with Gasteiger partial charge in [-0.1, -0.05) is 6.42 Å². The Labute approximate surface area is 126 Å². The number of esters is 1. The maximum atomic E-state index is 12.5. The van der Waals surface area contributed by atoms with Crippen molar-refractivity contribution in [3.8, 4) is 0 Å². The lowest BCUT2D eigenvalue weighted by Gasteiger charge is -2.38. The Hall–Kier alpha value is -1.14. The molecule has 2 unspecified atom stereocenters. The Balaban J connectivity index is 1.95. The van der Waals surface area contributed by atoms with Gasteiger partial charge in [-0.15, -0.1) is 0 Å². The molecule has 2 aliphatic rings. The van der Waals surface area contributed by atoms with Gasteiger partial charge in [-0.25, -0.2) is 0 Å². The molecule has 0 aromatic carbocycles. The second-order valence-corrected chi connectivity index (χ2v) is 6.06. The zero-order chi connectivity index (χ0) is 15.4. The first-order chi connectivity index (χ1) is 10.0. The van der Waals surface area contributed by atoms with Crippen LogP contribution in [0.5, 0.6) is 0 Å². The molecule has 2 saturated heterocycles. The number of likely N-dealkylation sites (tertiary alicyclic amines) is 1. The van der Waals surface area contributed by atoms with Crippen molar-refractivity contribution in [1.29, 1.82) is 0 Å². The molecule has 0 saturated carbocycles. The van der Waals surface area contributed by atoms with Crippen LogP contribution >= 0.6 is 0 Å². The Kier molecular flexibility index (Phi) is 5.58. The van der Waals surface area contributed by atoms with E-state index in [0.29, 0.717) is 19.6 Å². The summed E-state index contributed by atoms with van der Waals surface area (Å²) in [6.45, 7) is 6.28. The van der Waals surface area contributed by atoms with Gasteiger partial charge in [0.1, 0.15) is 6.04 Å². The molecule has 0 radical (unpaired) electrons.